The molecule has 0 radical (unpaired) electrons. The molecule has 0 saturated heterocycles. The normalized spacial score (nSPS) is 17.6. The zero-order valence-electron chi connectivity index (χ0n) is 14.7. The topological polar surface area (TPSA) is 23.8 Å². The van der Waals surface area contributed by atoms with Crippen LogP contribution < -0.4 is 0 Å². The van der Waals surface area contributed by atoms with Gasteiger partial charge in [-0.15, -0.1) is 0 Å². The Morgan fingerprint density at radius 3 is 2.30 bits per heavy atom. The van der Waals surface area contributed by atoms with Gasteiger partial charge in [0, 0.05) is 0 Å². The van der Waals surface area contributed by atoms with E-state index < -0.39 is 0 Å². The predicted molar refractivity (Wildman–Crippen MR) is 98.4 cm³/mol. The number of nitrogens with zero attached hydrogens (tertiary/aromatic N) is 1. The number of allylic oxidation sites excluding steroid dienone is 2. The van der Waals surface area contributed by atoms with Crippen LogP contribution in [0.1, 0.15) is 94.6 Å². The molecule has 0 spiro atoms. The lowest BCUT2D eigenvalue weighted by Crippen LogP contribution is -2.04. The van der Waals surface area contributed by atoms with Gasteiger partial charge in [0.1, 0.15) is 0 Å². The third kappa shape index (κ3) is 6.22. The van der Waals surface area contributed by atoms with Crippen molar-refractivity contribution >= 4 is 0 Å². The molecule has 1 aliphatic rings. The van der Waals surface area contributed by atoms with E-state index in [4.69, 9.17) is 5.26 Å². The third-order valence-electron chi connectivity index (χ3n) is 5.12. The maximum atomic E-state index is 8.88. The Labute approximate surface area is 142 Å². The van der Waals surface area contributed by atoms with Crippen molar-refractivity contribution in [3.05, 3.63) is 47.0 Å². The van der Waals surface area contributed by atoms with Gasteiger partial charge >= 0.3 is 0 Å². The molecule has 0 aromatic heterocycles. The first-order valence-electron chi connectivity index (χ1n) is 9.51. The molecular formula is C22H31N. The first-order valence-corrected chi connectivity index (χ1v) is 9.51. The SMILES string of the molecule is CCCCCCCCCC1=CCC(c2ccc(C#N)cc2)CC1. The van der Waals surface area contributed by atoms with Crippen LogP contribution in [-0.4, -0.2) is 0 Å². The molecule has 124 valence electrons. The van der Waals surface area contributed by atoms with Crippen LogP contribution in [0, 0.1) is 11.3 Å². The summed E-state index contributed by atoms with van der Waals surface area (Å²) in [6, 6.07) is 10.4. The lowest BCUT2D eigenvalue weighted by Gasteiger charge is -2.22. The third-order valence-corrected chi connectivity index (χ3v) is 5.12. The second-order valence-electron chi connectivity index (χ2n) is 6.94. The van der Waals surface area contributed by atoms with Gasteiger partial charge in [0.05, 0.1) is 11.6 Å². The Hall–Kier alpha value is -1.55. The second-order valence-corrected chi connectivity index (χ2v) is 6.94. The van der Waals surface area contributed by atoms with E-state index in [0.29, 0.717) is 5.92 Å². The number of nitriles is 1. The molecule has 23 heavy (non-hydrogen) atoms. The number of unbranched alkanes of at least 4 members (excludes halogenated alkanes) is 6. The van der Waals surface area contributed by atoms with E-state index in [2.05, 4.69) is 31.2 Å². The maximum Gasteiger partial charge on any atom is 0.0991 e. The van der Waals surface area contributed by atoms with Crippen molar-refractivity contribution in [2.24, 2.45) is 0 Å². The minimum absolute atomic E-state index is 0.653. The number of benzene rings is 1. The van der Waals surface area contributed by atoms with Crippen molar-refractivity contribution in [2.45, 2.75) is 83.5 Å². The van der Waals surface area contributed by atoms with Crippen LogP contribution in [-0.2, 0) is 0 Å². The first kappa shape index (κ1) is 17.8. The molecule has 1 nitrogen and oxygen atoms in total. The summed E-state index contributed by atoms with van der Waals surface area (Å²) in [6.45, 7) is 2.28. The average Bonchev–Trinajstić information content (AvgIpc) is 2.61. The van der Waals surface area contributed by atoms with Crippen molar-refractivity contribution < 1.29 is 0 Å². The molecule has 2 rings (SSSR count). The highest BCUT2D eigenvalue weighted by Gasteiger charge is 2.16. The maximum absolute atomic E-state index is 8.88. The van der Waals surface area contributed by atoms with Crippen molar-refractivity contribution in [1.82, 2.24) is 0 Å². The number of hydrogen-bond donors (Lipinski definition) is 0. The van der Waals surface area contributed by atoms with Crippen LogP contribution in [0.2, 0.25) is 0 Å². The molecule has 0 amide bonds. The Kier molecular flexibility index (Phi) is 7.95. The van der Waals surface area contributed by atoms with Gasteiger partial charge in [-0.25, -0.2) is 0 Å². The summed E-state index contributed by atoms with van der Waals surface area (Å²) in [4.78, 5) is 0. The van der Waals surface area contributed by atoms with Gasteiger partial charge in [-0.1, -0.05) is 69.2 Å². The van der Waals surface area contributed by atoms with Gasteiger partial charge < -0.3 is 0 Å². The van der Waals surface area contributed by atoms with Gasteiger partial charge in [-0.05, 0) is 55.7 Å². The molecule has 1 aromatic rings. The fraction of sp³-hybridized carbons (Fsp3) is 0.591. The molecule has 0 N–H and O–H groups in total. The Morgan fingerprint density at radius 1 is 1.00 bits per heavy atom. The van der Waals surface area contributed by atoms with Gasteiger partial charge in [0.15, 0.2) is 0 Å². The van der Waals surface area contributed by atoms with Gasteiger partial charge in [0.25, 0.3) is 0 Å². The molecule has 1 unspecified atom stereocenters. The minimum Gasteiger partial charge on any atom is -0.192 e. The van der Waals surface area contributed by atoms with E-state index in [1.807, 2.05) is 12.1 Å². The van der Waals surface area contributed by atoms with Crippen LogP contribution in [0.25, 0.3) is 0 Å². The van der Waals surface area contributed by atoms with Crippen molar-refractivity contribution in [3.8, 4) is 6.07 Å². The monoisotopic (exact) mass is 309 g/mol. The summed E-state index contributed by atoms with van der Waals surface area (Å²) in [5, 5.41) is 8.88. The molecule has 0 saturated carbocycles. The number of rotatable bonds is 9. The highest BCUT2D eigenvalue weighted by Crippen LogP contribution is 2.33. The standard InChI is InChI=1S/C22H31N/c1-2-3-4-5-6-7-8-9-19-10-14-21(15-11-19)22-16-12-20(18-23)13-17-22/h10,12-13,16-17,21H,2-9,11,14-15H2,1H3. The van der Waals surface area contributed by atoms with Gasteiger partial charge in [0.2, 0.25) is 0 Å². The van der Waals surface area contributed by atoms with Crippen LogP contribution in [0.5, 0.6) is 0 Å². The fourth-order valence-corrected chi connectivity index (χ4v) is 3.56. The molecule has 0 fully saturated rings. The molecule has 1 atom stereocenters. The largest absolute Gasteiger partial charge is 0.192 e. The van der Waals surface area contributed by atoms with E-state index in [-0.39, 0.29) is 0 Å². The van der Waals surface area contributed by atoms with Crippen molar-refractivity contribution in [1.29, 1.82) is 5.26 Å². The molecular weight excluding hydrogens is 278 g/mol. The summed E-state index contributed by atoms with van der Waals surface area (Å²) >= 11 is 0. The van der Waals surface area contributed by atoms with E-state index in [9.17, 15) is 0 Å². The quantitative estimate of drug-likeness (QED) is 0.360. The van der Waals surface area contributed by atoms with Gasteiger partial charge in [-0.2, -0.15) is 5.26 Å². The fourth-order valence-electron chi connectivity index (χ4n) is 3.56. The molecule has 0 aliphatic heterocycles. The summed E-state index contributed by atoms with van der Waals surface area (Å²) in [7, 11) is 0. The lowest BCUT2D eigenvalue weighted by atomic mass is 9.83. The zero-order chi connectivity index (χ0) is 16.3. The van der Waals surface area contributed by atoms with Crippen LogP contribution in [0.3, 0.4) is 0 Å². The molecule has 0 heterocycles. The Morgan fingerprint density at radius 2 is 1.70 bits per heavy atom. The van der Waals surface area contributed by atoms with Crippen LogP contribution in [0.15, 0.2) is 35.9 Å². The molecule has 1 heteroatoms. The van der Waals surface area contributed by atoms with E-state index in [1.54, 1.807) is 5.57 Å². The molecule has 0 bridgehead atoms. The lowest BCUT2D eigenvalue weighted by molar-refractivity contribution is 0.557. The highest BCUT2D eigenvalue weighted by molar-refractivity contribution is 5.33. The Bertz CT molecular complexity index is 518. The van der Waals surface area contributed by atoms with E-state index in [0.717, 1.165) is 5.56 Å². The second kappa shape index (κ2) is 10.3. The predicted octanol–water partition coefficient (Wildman–Crippen LogP) is 6.89. The zero-order valence-corrected chi connectivity index (χ0v) is 14.7. The average molecular weight is 309 g/mol. The summed E-state index contributed by atoms with van der Waals surface area (Å²) in [5.41, 5.74) is 3.85. The summed E-state index contributed by atoms with van der Waals surface area (Å²) < 4.78 is 0. The van der Waals surface area contributed by atoms with E-state index in [1.165, 1.54) is 76.2 Å². The first-order chi connectivity index (χ1) is 11.3. The number of hydrogen-bond acceptors (Lipinski definition) is 1. The van der Waals surface area contributed by atoms with Gasteiger partial charge in [-0.3, -0.25) is 0 Å². The van der Waals surface area contributed by atoms with Crippen molar-refractivity contribution in [3.63, 3.8) is 0 Å². The minimum atomic E-state index is 0.653. The summed E-state index contributed by atoms with van der Waals surface area (Å²) in [5.74, 6) is 0.653. The Balaban J connectivity index is 1.66. The smallest absolute Gasteiger partial charge is 0.0991 e. The molecule has 1 aromatic carbocycles. The van der Waals surface area contributed by atoms with Crippen molar-refractivity contribution in [2.75, 3.05) is 0 Å². The highest BCUT2D eigenvalue weighted by atomic mass is 14.2. The van der Waals surface area contributed by atoms with Crippen LogP contribution in [0.4, 0.5) is 0 Å². The van der Waals surface area contributed by atoms with E-state index >= 15 is 0 Å². The summed E-state index contributed by atoms with van der Waals surface area (Å²) in [6.07, 6.45) is 17.3. The van der Waals surface area contributed by atoms with Crippen LogP contribution >= 0.6 is 0 Å². The molecule has 1 aliphatic carbocycles.